The minimum absolute atomic E-state index is 0.217. The van der Waals surface area contributed by atoms with E-state index >= 15 is 0 Å². The third-order valence-corrected chi connectivity index (χ3v) is 4.04. The summed E-state index contributed by atoms with van der Waals surface area (Å²) in [6.07, 6.45) is 2.42. The molecule has 1 saturated heterocycles. The highest BCUT2D eigenvalue weighted by Crippen LogP contribution is 2.23. The van der Waals surface area contributed by atoms with Crippen molar-refractivity contribution in [1.82, 2.24) is 10.2 Å². The molecule has 1 aliphatic heterocycles. The Bertz CT molecular complexity index is 279. The van der Waals surface area contributed by atoms with Gasteiger partial charge in [0.1, 0.15) is 0 Å². The number of likely N-dealkylation sites (tertiary alicyclic amines) is 1. The van der Waals surface area contributed by atoms with Gasteiger partial charge in [-0.3, -0.25) is 9.69 Å². The lowest BCUT2D eigenvalue weighted by atomic mass is 9.85. The smallest absolute Gasteiger partial charge is 0.231 e. The average molecular weight is 269 g/mol. The van der Waals surface area contributed by atoms with E-state index in [0.717, 1.165) is 25.6 Å². The average Bonchev–Trinajstić information content (AvgIpc) is 2.27. The molecular weight excluding hydrogens is 238 g/mol. The third-order valence-electron chi connectivity index (χ3n) is 4.04. The van der Waals surface area contributed by atoms with Gasteiger partial charge in [-0.15, -0.1) is 0 Å². The maximum absolute atomic E-state index is 11.1. The molecule has 0 aromatic heterocycles. The van der Waals surface area contributed by atoms with Crippen molar-refractivity contribution in [3.8, 4) is 0 Å². The number of carbonyl (C=O) groups is 1. The number of nitrogens with one attached hydrogen (secondary N) is 1. The van der Waals surface area contributed by atoms with Crippen LogP contribution >= 0.6 is 0 Å². The first-order chi connectivity index (χ1) is 8.88. The Morgan fingerprint density at radius 2 is 2.00 bits per heavy atom. The maximum Gasteiger partial charge on any atom is 0.231 e. The first kappa shape index (κ1) is 16.4. The quantitative estimate of drug-likeness (QED) is 0.735. The van der Waals surface area contributed by atoms with E-state index in [1.807, 2.05) is 0 Å². The van der Waals surface area contributed by atoms with Crippen molar-refractivity contribution in [1.29, 1.82) is 0 Å². The van der Waals surface area contributed by atoms with Crippen molar-refractivity contribution in [3.63, 3.8) is 0 Å². The molecule has 112 valence electrons. The molecule has 3 N–H and O–H groups in total. The molecule has 0 aliphatic carbocycles. The minimum Gasteiger partial charge on any atom is -0.369 e. The number of nitrogens with zero attached hydrogens (tertiary/aromatic N) is 1. The van der Waals surface area contributed by atoms with Crippen LogP contribution in [0, 0.1) is 17.8 Å². The molecule has 4 nitrogen and oxygen atoms in total. The molecule has 4 heteroatoms. The molecule has 0 bridgehead atoms. The van der Waals surface area contributed by atoms with E-state index < -0.39 is 0 Å². The fourth-order valence-corrected chi connectivity index (χ4v) is 2.79. The first-order valence-corrected chi connectivity index (χ1v) is 7.62. The highest BCUT2D eigenvalue weighted by atomic mass is 16.1. The number of hydrogen-bond donors (Lipinski definition) is 2. The van der Waals surface area contributed by atoms with Crippen LogP contribution in [-0.2, 0) is 4.79 Å². The van der Waals surface area contributed by atoms with Gasteiger partial charge < -0.3 is 11.1 Å². The molecule has 1 aliphatic rings. The van der Waals surface area contributed by atoms with Crippen LogP contribution in [0.3, 0.4) is 0 Å². The van der Waals surface area contributed by atoms with Gasteiger partial charge in [0.05, 0.1) is 6.54 Å². The molecule has 1 amide bonds. The summed E-state index contributed by atoms with van der Waals surface area (Å²) in [5.74, 6) is 1.83. The predicted molar refractivity (Wildman–Crippen MR) is 79.8 cm³/mol. The molecule has 0 radical (unpaired) electrons. The van der Waals surface area contributed by atoms with Crippen molar-refractivity contribution in [2.75, 3.05) is 26.2 Å². The predicted octanol–water partition coefficient (Wildman–Crippen LogP) is 1.45. The van der Waals surface area contributed by atoms with Crippen LogP contribution in [-0.4, -0.2) is 43.0 Å². The van der Waals surface area contributed by atoms with E-state index in [9.17, 15) is 4.79 Å². The zero-order valence-electron chi connectivity index (χ0n) is 13.0. The Labute approximate surface area is 118 Å². The van der Waals surface area contributed by atoms with Gasteiger partial charge in [-0.1, -0.05) is 27.7 Å². The summed E-state index contributed by atoms with van der Waals surface area (Å²) in [6, 6.07) is 0.499. The van der Waals surface area contributed by atoms with Crippen molar-refractivity contribution in [2.45, 2.75) is 46.6 Å². The first-order valence-electron chi connectivity index (χ1n) is 7.62. The summed E-state index contributed by atoms with van der Waals surface area (Å²) < 4.78 is 0. The van der Waals surface area contributed by atoms with Crippen molar-refractivity contribution >= 4 is 5.91 Å². The van der Waals surface area contributed by atoms with Crippen LogP contribution in [0.1, 0.15) is 40.5 Å². The number of piperidine rings is 1. The molecule has 19 heavy (non-hydrogen) atoms. The van der Waals surface area contributed by atoms with Gasteiger partial charge in [-0.05, 0) is 37.1 Å². The topological polar surface area (TPSA) is 58.4 Å². The largest absolute Gasteiger partial charge is 0.369 e. The highest BCUT2D eigenvalue weighted by molar-refractivity contribution is 5.75. The van der Waals surface area contributed by atoms with Gasteiger partial charge in [-0.2, -0.15) is 0 Å². The van der Waals surface area contributed by atoms with Crippen molar-refractivity contribution in [3.05, 3.63) is 0 Å². The second kappa shape index (κ2) is 7.85. The van der Waals surface area contributed by atoms with Gasteiger partial charge in [-0.25, -0.2) is 0 Å². The Morgan fingerprint density at radius 1 is 1.32 bits per heavy atom. The molecule has 0 aromatic carbocycles. The SMILES string of the molecule is CC(C)CCNC1CC(C(C)C)CN(CC(N)=O)C1. The van der Waals surface area contributed by atoms with E-state index in [0.29, 0.717) is 24.4 Å². The molecule has 1 heterocycles. The van der Waals surface area contributed by atoms with Gasteiger partial charge >= 0.3 is 0 Å². The maximum atomic E-state index is 11.1. The Morgan fingerprint density at radius 3 is 2.53 bits per heavy atom. The highest BCUT2D eigenvalue weighted by Gasteiger charge is 2.29. The van der Waals surface area contributed by atoms with E-state index in [4.69, 9.17) is 5.73 Å². The van der Waals surface area contributed by atoms with Gasteiger partial charge in [0, 0.05) is 19.1 Å². The van der Waals surface area contributed by atoms with E-state index in [1.165, 1.54) is 12.8 Å². The van der Waals surface area contributed by atoms with E-state index in [-0.39, 0.29) is 5.91 Å². The lowest BCUT2D eigenvalue weighted by Crippen LogP contribution is -2.52. The molecule has 2 unspecified atom stereocenters. The number of amides is 1. The monoisotopic (exact) mass is 269 g/mol. The third kappa shape index (κ3) is 6.39. The second-order valence-corrected chi connectivity index (χ2v) is 6.73. The molecule has 1 rings (SSSR count). The lowest BCUT2D eigenvalue weighted by molar-refractivity contribution is -0.119. The molecule has 2 atom stereocenters. The van der Waals surface area contributed by atoms with E-state index in [1.54, 1.807) is 0 Å². The van der Waals surface area contributed by atoms with Crippen LogP contribution in [0.25, 0.3) is 0 Å². The number of nitrogens with two attached hydrogens (primary N) is 1. The summed E-state index contributed by atoms with van der Waals surface area (Å²) in [4.78, 5) is 13.3. The van der Waals surface area contributed by atoms with E-state index in [2.05, 4.69) is 37.9 Å². The van der Waals surface area contributed by atoms with Crippen LogP contribution in [0.2, 0.25) is 0 Å². The molecule has 1 fully saturated rings. The van der Waals surface area contributed by atoms with Gasteiger partial charge in [0.25, 0.3) is 0 Å². The normalized spacial score (nSPS) is 25.2. The zero-order chi connectivity index (χ0) is 14.4. The lowest BCUT2D eigenvalue weighted by Gasteiger charge is -2.39. The van der Waals surface area contributed by atoms with Crippen molar-refractivity contribution in [2.24, 2.45) is 23.5 Å². The molecule has 0 aromatic rings. The fourth-order valence-electron chi connectivity index (χ4n) is 2.79. The summed E-state index contributed by atoms with van der Waals surface area (Å²) >= 11 is 0. The van der Waals surface area contributed by atoms with Gasteiger partial charge in [0.2, 0.25) is 5.91 Å². The van der Waals surface area contributed by atoms with Crippen LogP contribution in [0.15, 0.2) is 0 Å². The standard InChI is InChI=1S/C15H31N3O/c1-11(2)5-6-17-14-7-13(12(3)4)8-18(9-14)10-15(16)19/h11-14,17H,5-10H2,1-4H3,(H2,16,19). The van der Waals surface area contributed by atoms with Gasteiger partial charge in [0.15, 0.2) is 0 Å². The number of primary amides is 1. The van der Waals surface area contributed by atoms with Crippen LogP contribution < -0.4 is 11.1 Å². The second-order valence-electron chi connectivity index (χ2n) is 6.73. The Balaban J connectivity index is 2.47. The molecule has 0 spiro atoms. The summed E-state index contributed by atoms with van der Waals surface area (Å²) in [5.41, 5.74) is 5.33. The Hall–Kier alpha value is -0.610. The number of rotatable bonds is 7. The summed E-state index contributed by atoms with van der Waals surface area (Å²) in [5, 5.41) is 3.65. The minimum atomic E-state index is -0.217. The van der Waals surface area contributed by atoms with Crippen molar-refractivity contribution < 1.29 is 4.79 Å². The fraction of sp³-hybridized carbons (Fsp3) is 0.933. The number of carbonyl (C=O) groups excluding carboxylic acids is 1. The zero-order valence-corrected chi connectivity index (χ0v) is 13.0. The summed E-state index contributed by atoms with van der Waals surface area (Å²) in [6.45, 7) is 12.4. The molecular formula is C15H31N3O. The summed E-state index contributed by atoms with van der Waals surface area (Å²) in [7, 11) is 0. The Kier molecular flexibility index (Phi) is 6.80. The number of hydrogen-bond acceptors (Lipinski definition) is 3. The van der Waals surface area contributed by atoms with Crippen LogP contribution in [0.5, 0.6) is 0 Å². The van der Waals surface area contributed by atoms with Crippen LogP contribution in [0.4, 0.5) is 0 Å². The molecule has 0 saturated carbocycles.